The van der Waals surface area contributed by atoms with Crippen molar-refractivity contribution in [2.24, 2.45) is 0 Å². The number of amides is 1. The van der Waals surface area contributed by atoms with Gasteiger partial charge in [-0.25, -0.2) is 0 Å². The summed E-state index contributed by atoms with van der Waals surface area (Å²) in [4.78, 5) is 11.4. The van der Waals surface area contributed by atoms with E-state index in [-0.39, 0.29) is 12.5 Å². The first-order valence-electron chi connectivity index (χ1n) is 5.48. The van der Waals surface area contributed by atoms with Crippen LogP contribution < -0.4 is 5.32 Å². The zero-order valence-electron chi connectivity index (χ0n) is 10.2. The van der Waals surface area contributed by atoms with Gasteiger partial charge in [0.05, 0.1) is 19.8 Å². The van der Waals surface area contributed by atoms with E-state index in [1.165, 1.54) is 0 Å². The molecule has 7 nitrogen and oxygen atoms in total. The number of aromatic nitrogens is 3. The molecule has 0 aromatic carbocycles. The molecule has 0 aliphatic rings. The van der Waals surface area contributed by atoms with Crippen molar-refractivity contribution < 1.29 is 14.3 Å². The molecule has 17 heavy (non-hydrogen) atoms. The van der Waals surface area contributed by atoms with Crippen molar-refractivity contribution in [1.82, 2.24) is 20.1 Å². The first kappa shape index (κ1) is 13.6. The number of carbonyl (C=O) groups excluding carboxylic acids is 1. The van der Waals surface area contributed by atoms with Gasteiger partial charge in [-0.05, 0) is 6.92 Å². The van der Waals surface area contributed by atoms with Crippen LogP contribution in [0.1, 0.15) is 12.7 Å². The Bertz CT molecular complexity index is 340. The van der Waals surface area contributed by atoms with E-state index in [0.29, 0.717) is 19.8 Å². The van der Waals surface area contributed by atoms with Crippen molar-refractivity contribution >= 4 is 5.91 Å². The van der Waals surface area contributed by atoms with E-state index in [1.54, 1.807) is 13.4 Å². The molecule has 96 valence electrons. The van der Waals surface area contributed by atoms with Crippen LogP contribution in [-0.2, 0) is 27.4 Å². The highest BCUT2D eigenvalue weighted by atomic mass is 16.5. The zero-order valence-corrected chi connectivity index (χ0v) is 10.2. The Morgan fingerprint density at radius 2 is 2.35 bits per heavy atom. The van der Waals surface area contributed by atoms with E-state index in [1.807, 2.05) is 11.5 Å². The second-order valence-corrected chi connectivity index (χ2v) is 3.36. The summed E-state index contributed by atoms with van der Waals surface area (Å²) >= 11 is 0. The van der Waals surface area contributed by atoms with Crippen LogP contribution in [0.2, 0.25) is 0 Å². The predicted octanol–water partition coefficient (Wildman–Crippen LogP) is -0.423. The van der Waals surface area contributed by atoms with Crippen molar-refractivity contribution in [3.05, 3.63) is 12.2 Å². The Hall–Kier alpha value is -1.47. The molecule has 1 aromatic heterocycles. The average molecular weight is 242 g/mol. The van der Waals surface area contributed by atoms with Gasteiger partial charge in [0.25, 0.3) is 0 Å². The fraction of sp³-hybridized carbons (Fsp3) is 0.700. The smallest absolute Gasteiger partial charge is 0.246 e. The van der Waals surface area contributed by atoms with E-state index >= 15 is 0 Å². The van der Waals surface area contributed by atoms with Crippen molar-refractivity contribution in [3.8, 4) is 0 Å². The number of carbonyl (C=O) groups is 1. The minimum atomic E-state index is -0.174. The molecule has 0 bridgehead atoms. The standard InChI is InChI=1S/C10H18N4O3/c1-3-14-8-12-13-9(14)6-11-10(15)7-17-5-4-16-2/h8H,3-7H2,1-2H3,(H,11,15). The minimum absolute atomic E-state index is 0.0314. The van der Waals surface area contributed by atoms with Gasteiger partial charge in [0, 0.05) is 13.7 Å². The summed E-state index contributed by atoms with van der Waals surface area (Å²) in [5.74, 6) is 0.560. The van der Waals surface area contributed by atoms with Gasteiger partial charge >= 0.3 is 0 Å². The van der Waals surface area contributed by atoms with Crippen LogP contribution in [0.4, 0.5) is 0 Å². The Kier molecular flexibility index (Phi) is 6.19. The van der Waals surface area contributed by atoms with E-state index in [2.05, 4.69) is 15.5 Å². The molecule has 0 atom stereocenters. The highest BCUT2D eigenvalue weighted by Gasteiger charge is 2.05. The lowest BCUT2D eigenvalue weighted by Gasteiger charge is -2.06. The third-order valence-electron chi connectivity index (χ3n) is 2.15. The molecule has 0 saturated carbocycles. The Morgan fingerprint density at radius 1 is 1.53 bits per heavy atom. The maximum atomic E-state index is 11.4. The highest BCUT2D eigenvalue weighted by molar-refractivity contribution is 5.77. The monoisotopic (exact) mass is 242 g/mol. The van der Waals surface area contributed by atoms with Crippen LogP contribution in [0, 0.1) is 0 Å². The molecule has 7 heteroatoms. The quantitative estimate of drug-likeness (QED) is 0.626. The molecule has 1 heterocycles. The van der Waals surface area contributed by atoms with Crippen LogP contribution >= 0.6 is 0 Å². The van der Waals surface area contributed by atoms with E-state index in [0.717, 1.165) is 12.4 Å². The van der Waals surface area contributed by atoms with Crippen molar-refractivity contribution in [2.45, 2.75) is 20.0 Å². The number of nitrogens with zero attached hydrogens (tertiary/aromatic N) is 3. The summed E-state index contributed by atoms with van der Waals surface area (Å²) in [5, 5.41) is 10.4. The number of nitrogens with one attached hydrogen (secondary N) is 1. The summed E-state index contributed by atoms with van der Waals surface area (Å²) in [7, 11) is 1.58. The Balaban J connectivity index is 2.19. The molecule has 0 aliphatic heterocycles. The van der Waals surface area contributed by atoms with Crippen molar-refractivity contribution in [2.75, 3.05) is 26.9 Å². The van der Waals surface area contributed by atoms with Gasteiger partial charge in [0.1, 0.15) is 12.9 Å². The fourth-order valence-corrected chi connectivity index (χ4v) is 1.22. The lowest BCUT2D eigenvalue weighted by Crippen LogP contribution is -2.28. The van der Waals surface area contributed by atoms with Crippen LogP contribution in [-0.4, -0.2) is 47.6 Å². The topological polar surface area (TPSA) is 78.3 Å². The van der Waals surface area contributed by atoms with E-state index < -0.39 is 0 Å². The summed E-state index contributed by atoms with van der Waals surface area (Å²) < 4.78 is 11.7. The number of hydrogen-bond acceptors (Lipinski definition) is 5. The van der Waals surface area contributed by atoms with E-state index in [4.69, 9.17) is 9.47 Å². The second kappa shape index (κ2) is 7.75. The molecule has 1 N–H and O–H groups in total. The van der Waals surface area contributed by atoms with Gasteiger partial charge in [-0.1, -0.05) is 0 Å². The summed E-state index contributed by atoms with van der Waals surface area (Å²) in [6.07, 6.45) is 1.64. The Morgan fingerprint density at radius 3 is 3.06 bits per heavy atom. The average Bonchev–Trinajstić information content (AvgIpc) is 2.79. The maximum absolute atomic E-state index is 11.4. The molecule has 0 radical (unpaired) electrons. The summed E-state index contributed by atoms with van der Waals surface area (Å²) in [6.45, 7) is 4.06. The molecule has 1 rings (SSSR count). The summed E-state index contributed by atoms with van der Waals surface area (Å²) in [6, 6.07) is 0. The minimum Gasteiger partial charge on any atom is -0.382 e. The van der Waals surface area contributed by atoms with Crippen LogP contribution in [0.3, 0.4) is 0 Å². The molecule has 0 fully saturated rings. The van der Waals surface area contributed by atoms with Crippen molar-refractivity contribution in [1.29, 1.82) is 0 Å². The van der Waals surface area contributed by atoms with Crippen LogP contribution in [0.15, 0.2) is 6.33 Å². The molecular formula is C10H18N4O3. The van der Waals surface area contributed by atoms with Gasteiger partial charge in [0.2, 0.25) is 5.91 Å². The first-order chi connectivity index (χ1) is 8.27. The normalized spacial score (nSPS) is 10.5. The molecule has 0 saturated heterocycles. The molecule has 1 aromatic rings. The molecule has 1 amide bonds. The largest absolute Gasteiger partial charge is 0.382 e. The predicted molar refractivity (Wildman–Crippen MR) is 60.2 cm³/mol. The third-order valence-corrected chi connectivity index (χ3v) is 2.15. The van der Waals surface area contributed by atoms with Crippen molar-refractivity contribution in [3.63, 3.8) is 0 Å². The Labute approximate surface area is 100 Å². The van der Waals surface area contributed by atoms with Gasteiger partial charge in [0.15, 0.2) is 5.82 Å². The number of rotatable bonds is 8. The molecule has 0 spiro atoms. The fourth-order valence-electron chi connectivity index (χ4n) is 1.22. The number of ether oxygens (including phenoxy) is 2. The lowest BCUT2D eigenvalue weighted by molar-refractivity contribution is -0.126. The van der Waals surface area contributed by atoms with Gasteiger partial charge in [-0.2, -0.15) is 0 Å². The van der Waals surface area contributed by atoms with Gasteiger partial charge in [-0.15, -0.1) is 10.2 Å². The van der Waals surface area contributed by atoms with E-state index in [9.17, 15) is 4.79 Å². The number of aryl methyl sites for hydroxylation is 1. The maximum Gasteiger partial charge on any atom is 0.246 e. The molecule has 0 unspecified atom stereocenters. The van der Waals surface area contributed by atoms with Crippen LogP contribution in [0.25, 0.3) is 0 Å². The lowest BCUT2D eigenvalue weighted by atomic mass is 10.5. The number of methoxy groups -OCH3 is 1. The highest BCUT2D eigenvalue weighted by Crippen LogP contribution is 1.93. The molecular weight excluding hydrogens is 224 g/mol. The van der Waals surface area contributed by atoms with Gasteiger partial charge in [-0.3, -0.25) is 4.79 Å². The van der Waals surface area contributed by atoms with Crippen LogP contribution in [0.5, 0.6) is 0 Å². The molecule has 0 aliphatic carbocycles. The number of hydrogen-bond donors (Lipinski definition) is 1. The zero-order chi connectivity index (χ0) is 12.5. The summed E-state index contributed by atoms with van der Waals surface area (Å²) in [5.41, 5.74) is 0. The van der Waals surface area contributed by atoms with Gasteiger partial charge < -0.3 is 19.4 Å². The SMILES string of the molecule is CCn1cnnc1CNC(=O)COCCOC. The second-order valence-electron chi connectivity index (χ2n) is 3.36. The third kappa shape index (κ3) is 4.92. The first-order valence-corrected chi connectivity index (χ1v) is 5.48.